The van der Waals surface area contributed by atoms with Crippen molar-refractivity contribution in [2.75, 3.05) is 31.2 Å². The number of anilines is 1. The maximum atomic E-state index is 10.5. The topological polar surface area (TPSA) is 62.7 Å². The fraction of sp³-hybridized carbons (Fsp3) is 0.455. The van der Waals surface area contributed by atoms with Gasteiger partial charge < -0.3 is 14.7 Å². The Kier molecular flexibility index (Phi) is 3.48. The first-order valence-electron chi connectivity index (χ1n) is 5.22. The molecule has 0 saturated carbocycles. The van der Waals surface area contributed by atoms with Gasteiger partial charge in [-0.05, 0) is 12.1 Å². The lowest BCUT2D eigenvalue weighted by Gasteiger charge is -2.32. The molecule has 1 atom stereocenters. The zero-order valence-electron chi connectivity index (χ0n) is 8.87. The number of carbonyl (C=O) groups excluding carboxylic acids is 1. The molecule has 0 aliphatic carbocycles. The minimum Gasteiger partial charge on any atom is -0.394 e. The molecule has 1 aromatic heterocycles. The molecular formula is C11H14N2O3. The van der Waals surface area contributed by atoms with Crippen LogP contribution in [0.2, 0.25) is 0 Å². The molecule has 1 aliphatic heterocycles. The van der Waals surface area contributed by atoms with Crippen LogP contribution in [0.4, 0.5) is 5.82 Å². The molecule has 2 heterocycles. The number of aliphatic hydroxyl groups is 1. The van der Waals surface area contributed by atoms with Gasteiger partial charge in [0.05, 0.1) is 19.3 Å². The van der Waals surface area contributed by atoms with Crippen molar-refractivity contribution in [2.24, 2.45) is 0 Å². The highest BCUT2D eigenvalue weighted by molar-refractivity contribution is 5.74. The van der Waals surface area contributed by atoms with Crippen molar-refractivity contribution >= 4 is 12.1 Å². The second kappa shape index (κ2) is 5.05. The molecule has 2 rings (SSSR count). The predicted molar refractivity (Wildman–Crippen MR) is 58.7 cm³/mol. The van der Waals surface area contributed by atoms with Gasteiger partial charge in [0.25, 0.3) is 0 Å². The van der Waals surface area contributed by atoms with Gasteiger partial charge in [-0.15, -0.1) is 0 Å². The number of hydrogen-bond donors (Lipinski definition) is 1. The largest absolute Gasteiger partial charge is 0.394 e. The van der Waals surface area contributed by atoms with Crippen molar-refractivity contribution < 1.29 is 14.6 Å². The number of hydrogen-bond acceptors (Lipinski definition) is 5. The molecule has 5 heteroatoms. The number of carbonyl (C=O) groups is 1. The van der Waals surface area contributed by atoms with Crippen LogP contribution in [0.25, 0.3) is 0 Å². The van der Waals surface area contributed by atoms with Crippen molar-refractivity contribution in [2.45, 2.75) is 6.10 Å². The summed E-state index contributed by atoms with van der Waals surface area (Å²) in [6, 6.07) is 3.54. The number of ether oxygens (including phenoxy) is 1. The van der Waals surface area contributed by atoms with Crippen LogP contribution >= 0.6 is 0 Å². The first-order chi connectivity index (χ1) is 7.83. The summed E-state index contributed by atoms with van der Waals surface area (Å²) in [5.41, 5.74) is 0.565. The maximum Gasteiger partial charge on any atom is 0.151 e. The molecule has 1 fully saturated rings. The smallest absolute Gasteiger partial charge is 0.151 e. The first kappa shape index (κ1) is 11.0. The summed E-state index contributed by atoms with van der Waals surface area (Å²) in [5.74, 6) is 0.812. The highest BCUT2D eigenvalue weighted by atomic mass is 16.5. The zero-order valence-corrected chi connectivity index (χ0v) is 8.87. The SMILES string of the molecule is O=Cc1ccc(N2CCOC(CO)C2)nc1. The van der Waals surface area contributed by atoms with Gasteiger partial charge in [0.15, 0.2) is 6.29 Å². The first-order valence-corrected chi connectivity index (χ1v) is 5.22. The monoisotopic (exact) mass is 222 g/mol. The number of rotatable bonds is 3. The van der Waals surface area contributed by atoms with Gasteiger partial charge in [-0.2, -0.15) is 0 Å². The summed E-state index contributed by atoms with van der Waals surface area (Å²) in [7, 11) is 0. The summed E-state index contributed by atoms with van der Waals surface area (Å²) in [5, 5.41) is 9.02. The van der Waals surface area contributed by atoms with E-state index in [0.29, 0.717) is 18.7 Å². The normalized spacial score (nSPS) is 20.8. The third-order valence-electron chi connectivity index (χ3n) is 2.57. The molecule has 5 nitrogen and oxygen atoms in total. The van der Waals surface area contributed by atoms with Crippen LogP contribution in [0.3, 0.4) is 0 Å². The third-order valence-corrected chi connectivity index (χ3v) is 2.57. The van der Waals surface area contributed by atoms with Crippen molar-refractivity contribution in [1.82, 2.24) is 4.98 Å². The van der Waals surface area contributed by atoms with Crippen LogP contribution in [0.5, 0.6) is 0 Å². The molecule has 1 saturated heterocycles. The van der Waals surface area contributed by atoms with Crippen LogP contribution in [0.1, 0.15) is 10.4 Å². The van der Waals surface area contributed by atoms with Crippen molar-refractivity contribution in [1.29, 1.82) is 0 Å². The fourth-order valence-electron chi connectivity index (χ4n) is 1.69. The number of aliphatic hydroxyl groups excluding tert-OH is 1. The quantitative estimate of drug-likeness (QED) is 0.734. The van der Waals surface area contributed by atoms with Crippen LogP contribution in [-0.2, 0) is 4.74 Å². The van der Waals surface area contributed by atoms with Crippen molar-refractivity contribution in [3.63, 3.8) is 0 Å². The fourth-order valence-corrected chi connectivity index (χ4v) is 1.69. The van der Waals surface area contributed by atoms with Gasteiger partial charge in [-0.1, -0.05) is 0 Å². The Morgan fingerprint density at radius 3 is 3.12 bits per heavy atom. The molecule has 0 bridgehead atoms. The van der Waals surface area contributed by atoms with Crippen LogP contribution in [0, 0.1) is 0 Å². The van der Waals surface area contributed by atoms with Gasteiger partial charge in [-0.25, -0.2) is 4.98 Å². The van der Waals surface area contributed by atoms with E-state index in [9.17, 15) is 4.79 Å². The number of morpholine rings is 1. The lowest BCUT2D eigenvalue weighted by Crippen LogP contribution is -2.44. The average molecular weight is 222 g/mol. The van der Waals surface area contributed by atoms with Crippen LogP contribution < -0.4 is 4.90 Å². The molecule has 0 radical (unpaired) electrons. The molecule has 1 aromatic rings. The number of nitrogens with zero attached hydrogens (tertiary/aromatic N) is 2. The molecule has 1 aliphatic rings. The molecule has 0 amide bonds. The Bertz CT molecular complexity index is 353. The van der Waals surface area contributed by atoms with Crippen molar-refractivity contribution in [3.8, 4) is 0 Å². The Labute approximate surface area is 93.7 Å². The van der Waals surface area contributed by atoms with Gasteiger partial charge in [0, 0.05) is 24.8 Å². The van der Waals surface area contributed by atoms with E-state index in [1.165, 1.54) is 0 Å². The molecule has 1 N–H and O–H groups in total. The summed E-state index contributed by atoms with van der Waals surface area (Å²) in [6.45, 7) is 1.99. The number of aromatic nitrogens is 1. The van der Waals surface area contributed by atoms with Crippen molar-refractivity contribution in [3.05, 3.63) is 23.9 Å². The van der Waals surface area contributed by atoms with Gasteiger partial charge >= 0.3 is 0 Å². The predicted octanol–water partition coefficient (Wildman–Crippen LogP) is 0.0916. The molecule has 1 unspecified atom stereocenters. The number of pyridine rings is 1. The van der Waals surface area contributed by atoms with Gasteiger partial charge in [-0.3, -0.25) is 4.79 Å². The molecular weight excluding hydrogens is 208 g/mol. The van der Waals surface area contributed by atoms with Crippen LogP contribution in [0.15, 0.2) is 18.3 Å². The lowest BCUT2D eigenvalue weighted by atomic mass is 10.2. The number of aldehydes is 1. The second-order valence-corrected chi connectivity index (χ2v) is 3.69. The van der Waals surface area contributed by atoms with Gasteiger partial charge in [0.1, 0.15) is 5.82 Å². The molecule has 86 valence electrons. The summed E-state index contributed by atoms with van der Waals surface area (Å²) >= 11 is 0. The molecule has 16 heavy (non-hydrogen) atoms. The third kappa shape index (κ3) is 2.37. The lowest BCUT2D eigenvalue weighted by molar-refractivity contribution is 0.00336. The Morgan fingerprint density at radius 2 is 2.50 bits per heavy atom. The van der Waals surface area contributed by atoms with Crippen LogP contribution in [-0.4, -0.2) is 48.8 Å². The zero-order chi connectivity index (χ0) is 11.4. The Balaban J connectivity index is 2.07. The van der Waals surface area contributed by atoms with Gasteiger partial charge in [0.2, 0.25) is 0 Å². The summed E-state index contributed by atoms with van der Waals surface area (Å²) in [6.07, 6.45) is 2.17. The van der Waals surface area contributed by atoms with E-state index in [-0.39, 0.29) is 12.7 Å². The second-order valence-electron chi connectivity index (χ2n) is 3.69. The van der Waals surface area contributed by atoms with E-state index < -0.39 is 0 Å². The van der Waals surface area contributed by atoms with E-state index in [1.807, 2.05) is 11.0 Å². The van der Waals surface area contributed by atoms with E-state index in [2.05, 4.69) is 4.98 Å². The average Bonchev–Trinajstić information content (AvgIpc) is 2.39. The standard InChI is InChI=1S/C11H14N2O3/c14-7-9-1-2-11(12-5-9)13-3-4-16-10(6-13)8-15/h1-2,5,7,10,15H,3-4,6,8H2. The van der Waals surface area contributed by atoms with E-state index in [1.54, 1.807) is 12.3 Å². The highest BCUT2D eigenvalue weighted by Gasteiger charge is 2.20. The van der Waals surface area contributed by atoms with E-state index in [0.717, 1.165) is 18.6 Å². The Morgan fingerprint density at radius 1 is 1.62 bits per heavy atom. The molecule has 0 aromatic carbocycles. The van der Waals surface area contributed by atoms with E-state index in [4.69, 9.17) is 9.84 Å². The van der Waals surface area contributed by atoms with E-state index >= 15 is 0 Å². The minimum absolute atomic E-state index is 0.0168. The maximum absolute atomic E-state index is 10.5. The minimum atomic E-state index is -0.152. The molecule has 0 spiro atoms. The Hall–Kier alpha value is -1.46. The summed E-state index contributed by atoms with van der Waals surface area (Å²) < 4.78 is 5.35. The summed E-state index contributed by atoms with van der Waals surface area (Å²) in [4.78, 5) is 16.7. The highest BCUT2D eigenvalue weighted by Crippen LogP contribution is 2.14.